The molecule has 3 N–H and O–H groups in total. The fourth-order valence-electron chi connectivity index (χ4n) is 0.287. The number of aliphatic hydroxyl groups excluding tert-OH is 1. The second-order valence-corrected chi connectivity index (χ2v) is 2.13. The highest BCUT2D eigenvalue weighted by molar-refractivity contribution is 9.09. The van der Waals surface area contributed by atoms with Crippen LogP contribution in [0.3, 0.4) is 0 Å². The van der Waals surface area contributed by atoms with Gasteiger partial charge in [-0.1, -0.05) is 15.9 Å². The van der Waals surface area contributed by atoms with Gasteiger partial charge in [-0.05, 0) is 0 Å². The lowest BCUT2D eigenvalue weighted by molar-refractivity contribution is -0.119. The molecule has 0 aliphatic carbocycles. The molecular weight excluding hydrogens is 174 g/mol. The van der Waals surface area contributed by atoms with Crippen LogP contribution in [-0.4, -0.2) is 22.4 Å². The van der Waals surface area contributed by atoms with Gasteiger partial charge in [0, 0.05) is 5.33 Å². The zero-order valence-electron chi connectivity index (χ0n) is 4.30. The van der Waals surface area contributed by atoms with E-state index in [0.29, 0.717) is 5.33 Å². The predicted molar refractivity (Wildman–Crippen MR) is 33.6 cm³/mol. The first kappa shape index (κ1) is 7.91. The lowest BCUT2D eigenvalue weighted by atomic mass is 10.3. The molecule has 0 aromatic carbocycles. The fraction of sp³-hybridized carbons (Fsp3) is 0.750. The van der Waals surface area contributed by atoms with Crippen LogP contribution in [-0.2, 0) is 4.79 Å². The number of halogens is 1. The van der Waals surface area contributed by atoms with Crippen LogP contribution in [0.5, 0.6) is 0 Å². The molecule has 0 saturated heterocycles. The van der Waals surface area contributed by atoms with E-state index in [1.807, 2.05) is 0 Å². The van der Waals surface area contributed by atoms with Crippen molar-refractivity contribution in [2.24, 2.45) is 5.73 Å². The molecule has 8 heavy (non-hydrogen) atoms. The molecule has 4 heteroatoms. The third-order valence-electron chi connectivity index (χ3n) is 0.615. The van der Waals surface area contributed by atoms with E-state index in [-0.39, 0.29) is 6.42 Å². The Morgan fingerprint density at radius 2 is 2.38 bits per heavy atom. The molecule has 0 bridgehead atoms. The first-order chi connectivity index (χ1) is 3.66. The van der Waals surface area contributed by atoms with Gasteiger partial charge in [0.2, 0.25) is 5.91 Å². The highest BCUT2D eigenvalue weighted by atomic mass is 79.9. The predicted octanol–water partition coefficient (Wildman–Crippen LogP) is -0.382. The average Bonchev–Trinajstić information content (AvgIpc) is 1.65. The van der Waals surface area contributed by atoms with Gasteiger partial charge in [0.25, 0.3) is 0 Å². The van der Waals surface area contributed by atoms with Gasteiger partial charge in [0.05, 0.1) is 12.5 Å². The molecule has 1 atom stereocenters. The average molecular weight is 182 g/mol. The van der Waals surface area contributed by atoms with Crippen LogP contribution < -0.4 is 5.73 Å². The second kappa shape index (κ2) is 3.86. The van der Waals surface area contributed by atoms with E-state index < -0.39 is 12.0 Å². The molecule has 0 fully saturated rings. The minimum atomic E-state index is -0.632. The molecule has 1 amide bonds. The van der Waals surface area contributed by atoms with Crippen molar-refractivity contribution in [3.8, 4) is 0 Å². The van der Waals surface area contributed by atoms with E-state index in [1.54, 1.807) is 0 Å². The van der Waals surface area contributed by atoms with Crippen molar-refractivity contribution < 1.29 is 9.90 Å². The van der Waals surface area contributed by atoms with Crippen LogP contribution in [0.1, 0.15) is 6.42 Å². The Labute approximate surface area is 56.0 Å². The smallest absolute Gasteiger partial charge is 0.220 e. The first-order valence-electron chi connectivity index (χ1n) is 2.19. The first-order valence-corrected chi connectivity index (χ1v) is 3.31. The summed E-state index contributed by atoms with van der Waals surface area (Å²) < 4.78 is 0. The molecule has 0 rings (SSSR count). The summed E-state index contributed by atoms with van der Waals surface area (Å²) in [6, 6.07) is 0. The van der Waals surface area contributed by atoms with E-state index in [1.165, 1.54) is 0 Å². The second-order valence-electron chi connectivity index (χ2n) is 1.48. The van der Waals surface area contributed by atoms with E-state index in [0.717, 1.165) is 0 Å². The normalized spacial score (nSPS) is 13.2. The largest absolute Gasteiger partial charge is 0.392 e. The van der Waals surface area contributed by atoms with E-state index in [4.69, 9.17) is 10.8 Å². The lowest BCUT2D eigenvalue weighted by Crippen LogP contribution is -2.20. The summed E-state index contributed by atoms with van der Waals surface area (Å²) in [7, 11) is 0. The maximum absolute atomic E-state index is 10.0. The van der Waals surface area contributed by atoms with Crippen molar-refractivity contribution >= 4 is 21.8 Å². The number of nitrogens with two attached hydrogens (primary N) is 1. The van der Waals surface area contributed by atoms with Gasteiger partial charge in [-0.15, -0.1) is 0 Å². The summed E-state index contributed by atoms with van der Waals surface area (Å²) in [6.07, 6.45) is -0.599. The molecule has 0 saturated carbocycles. The van der Waals surface area contributed by atoms with Gasteiger partial charge < -0.3 is 10.8 Å². The van der Waals surface area contributed by atoms with Gasteiger partial charge in [-0.25, -0.2) is 0 Å². The molecule has 0 aliphatic rings. The number of hydrogen-bond donors (Lipinski definition) is 2. The van der Waals surface area contributed by atoms with Crippen molar-refractivity contribution in [2.75, 3.05) is 5.33 Å². The summed E-state index contributed by atoms with van der Waals surface area (Å²) in [5, 5.41) is 9.08. The zero-order valence-corrected chi connectivity index (χ0v) is 5.89. The number of carbonyl (C=O) groups is 1. The molecule has 0 heterocycles. The lowest BCUT2D eigenvalue weighted by Gasteiger charge is -1.99. The molecule has 48 valence electrons. The zero-order chi connectivity index (χ0) is 6.57. The van der Waals surface area contributed by atoms with Crippen molar-refractivity contribution in [3.05, 3.63) is 0 Å². The third-order valence-corrected chi connectivity index (χ3v) is 1.36. The van der Waals surface area contributed by atoms with Gasteiger partial charge >= 0.3 is 0 Å². The maximum atomic E-state index is 10.0. The van der Waals surface area contributed by atoms with Crippen LogP contribution >= 0.6 is 15.9 Å². The molecule has 0 spiro atoms. The summed E-state index contributed by atoms with van der Waals surface area (Å²) in [5.41, 5.74) is 4.75. The Morgan fingerprint density at radius 1 is 1.88 bits per heavy atom. The summed E-state index contributed by atoms with van der Waals surface area (Å²) in [4.78, 5) is 10.0. The standard InChI is InChI=1S/C4H8BrNO2/c5-2-3(7)1-4(6)8/h3,7H,1-2H2,(H2,6,8)/t3-/m0/s1. The van der Waals surface area contributed by atoms with Gasteiger partial charge in [-0.3, -0.25) is 4.79 Å². The number of rotatable bonds is 3. The van der Waals surface area contributed by atoms with Crippen LogP contribution in [0.4, 0.5) is 0 Å². The summed E-state index contributed by atoms with van der Waals surface area (Å²) in [5.74, 6) is -0.475. The topological polar surface area (TPSA) is 63.3 Å². The molecule has 0 aromatic rings. The molecule has 0 radical (unpaired) electrons. The minimum absolute atomic E-state index is 0.0330. The maximum Gasteiger partial charge on any atom is 0.220 e. The fourth-order valence-corrected chi connectivity index (χ4v) is 0.516. The summed E-state index contributed by atoms with van der Waals surface area (Å²) >= 11 is 2.99. The number of alkyl halides is 1. The van der Waals surface area contributed by atoms with Crippen LogP contribution in [0, 0.1) is 0 Å². The van der Waals surface area contributed by atoms with Gasteiger partial charge in [0.1, 0.15) is 0 Å². The van der Waals surface area contributed by atoms with E-state index in [2.05, 4.69) is 15.9 Å². The van der Waals surface area contributed by atoms with E-state index in [9.17, 15) is 4.79 Å². The quantitative estimate of drug-likeness (QED) is 0.584. The van der Waals surface area contributed by atoms with Crippen LogP contribution in [0.2, 0.25) is 0 Å². The molecule has 0 unspecified atom stereocenters. The number of hydrogen-bond acceptors (Lipinski definition) is 2. The molecule has 0 aromatic heterocycles. The van der Waals surface area contributed by atoms with Crippen LogP contribution in [0.15, 0.2) is 0 Å². The number of primary amides is 1. The molecule has 0 aliphatic heterocycles. The van der Waals surface area contributed by atoms with Crippen molar-refractivity contribution in [1.29, 1.82) is 0 Å². The third kappa shape index (κ3) is 4.08. The van der Waals surface area contributed by atoms with Gasteiger partial charge in [-0.2, -0.15) is 0 Å². The molecule has 3 nitrogen and oxygen atoms in total. The minimum Gasteiger partial charge on any atom is -0.392 e. The Hall–Kier alpha value is -0.0900. The number of amides is 1. The molecular formula is C4H8BrNO2. The Morgan fingerprint density at radius 3 is 2.50 bits per heavy atom. The van der Waals surface area contributed by atoms with Crippen molar-refractivity contribution in [2.45, 2.75) is 12.5 Å². The highest BCUT2D eigenvalue weighted by Gasteiger charge is 2.03. The Bertz CT molecular complexity index is 86.1. The van der Waals surface area contributed by atoms with E-state index >= 15 is 0 Å². The highest BCUT2D eigenvalue weighted by Crippen LogP contribution is 1.93. The van der Waals surface area contributed by atoms with Crippen LogP contribution in [0.25, 0.3) is 0 Å². The number of carbonyl (C=O) groups excluding carboxylic acids is 1. The van der Waals surface area contributed by atoms with Gasteiger partial charge in [0.15, 0.2) is 0 Å². The van der Waals surface area contributed by atoms with Crippen molar-refractivity contribution in [3.63, 3.8) is 0 Å². The summed E-state index contributed by atoms with van der Waals surface area (Å²) in [6.45, 7) is 0. The Balaban J connectivity index is 3.24. The Kier molecular flexibility index (Phi) is 3.81. The SMILES string of the molecule is NC(=O)C[C@H](O)CBr. The number of aliphatic hydroxyl groups is 1. The monoisotopic (exact) mass is 181 g/mol. The van der Waals surface area contributed by atoms with Crippen molar-refractivity contribution in [1.82, 2.24) is 0 Å².